The molecule has 92 valence electrons. The summed E-state index contributed by atoms with van der Waals surface area (Å²) in [6, 6.07) is 16.6. The van der Waals surface area contributed by atoms with Crippen LogP contribution in [0.25, 0.3) is 11.1 Å². The van der Waals surface area contributed by atoms with E-state index < -0.39 is 0 Å². The van der Waals surface area contributed by atoms with Gasteiger partial charge in [0.1, 0.15) is 11.3 Å². The molecule has 0 aliphatic heterocycles. The second-order valence-corrected chi connectivity index (χ2v) is 4.00. The van der Waals surface area contributed by atoms with E-state index in [0.29, 0.717) is 17.2 Å². The number of rotatable bonds is 3. The standard InChI is InChI=1S/C15H10N2O2/c16-9-11-5-7-12(8-6-11)18-10-15-17-13-3-1-2-4-14(13)19-15/h1-8H,10H2. The zero-order valence-corrected chi connectivity index (χ0v) is 10.0. The van der Waals surface area contributed by atoms with Crippen LogP contribution in [0.2, 0.25) is 0 Å². The van der Waals surface area contributed by atoms with Gasteiger partial charge < -0.3 is 9.15 Å². The van der Waals surface area contributed by atoms with Gasteiger partial charge in [0, 0.05) is 0 Å². The molecule has 0 amide bonds. The molecule has 4 heteroatoms. The third kappa shape index (κ3) is 2.40. The lowest BCUT2D eigenvalue weighted by Crippen LogP contribution is -1.95. The minimum Gasteiger partial charge on any atom is -0.484 e. The Morgan fingerprint density at radius 1 is 1.11 bits per heavy atom. The molecule has 0 aliphatic carbocycles. The number of oxazole rings is 1. The molecule has 0 bridgehead atoms. The first-order valence-electron chi connectivity index (χ1n) is 5.82. The summed E-state index contributed by atoms with van der Waals surface area (Å²) in [5.74, 6) is 1.21. The van der Waals surface area contributed by atoms with Crippen molar-refractivity contribution in [3.8, 4) is 11.8 Å². The fraction of sp³-hybridized carbons (Fsp3) is 0.0667. The van der Waals surface area contributed by atoms with Crippen LogP contribution in [-0.2, 0) is 6.61 Å². The summed E-state index contributed by atoms with van der Waals surface area (Å²) >= 11 is 0. The first-order valence-corrected chi connectivity index (χ1v) is 5.82. The zero-order valence-electron chi connectivity index (χ0n) is 10.0. The molecule has 3 rings (SSSR count). The van der Waals surface area contributed by atoms with E-state index in [1.54, 1.807) is 24.3 Å². The predicted octanol–water partition coefficient (Wildman–Crippen LogP) is 3.28. The van der Waals surface area contributed by atoms with Gasteiger partial charge in [0.05, 0.1) is 11.6 Å². The molecule has 0 N–H and O–H groups in total. The monoisotopic (exact) mass is 250 g/mol. The molecule has 0 unspecified atom stereocenters. The van der Waals surface area contributed by atoms with Gasteiger partial charge in [-0.15, -0.1) is 0 Å². The largest absolute Gasteiger partial charge is 0.484 e. The Bertz CT molecular complexity index is 706. The van der Waals surface area contributed by atoms with Crippen LogP contribution >= 0.6 is 0 Å². The van der Waals surface area contributed by atoms with Gasteiger partial charge in [-0.05, 0) is 36.4 Å². The highest BCUT2D eigenvalue weighted by molar-refractivity contribution is 5.72. The molecule has 19 heavy (non-hydrogen) atoms. The minimum atomic E-state index is 0.264. The molecule has 0 spiro atoms. The average molecular weight is 250 g/mol. The third-order valence-electron chi connectivity index (χ3n) is 2.68. The Balaban J connectivity index is 1.73. The number of aromatic nitrogens is 1. The van der Waals surface area contributed by atoms with E-state index in [1.165, 1.54) is 0 Å². The smallest absolute Gasteiger partial charge is 0.233 e. The molecule has 1 aromatic heterocycles. The van der Waals surface area contributed by atoms with Gasteiger partial charge in [0.25, 0.3) is 0 Å². The molecule has 3 aromatic rings. The molecule has 2 aromatic carbocycles. The number of nitrogens with zero attached hydrogens (tertiary/aromatic N) is 2. The van der Waals surface area contributed by atoms with Gasteiger partial charge in [0.2, 0.25) is 5.89 Å². The number of nitriles is 1. The van der Waals surface area contributed by atoms with Crippen LogP contribution in [0, 0.1) is 11.3 Å². The SMILES string of the molecule is N#Cc1ccc(OCc2nc3ccccc3o2)cc1. The van der Waals surface area contributed by atoms with E-state index >= 15 is 0 Å². The average Bonchev–Trinajstić information content (AvgIpc) is 2.88. The second kappa shape index (κ2) is 4.83. The summed E-state index contributed by atoms with van der Waals surface area (Å²) in [5, 5.41) is 8.70. The Kier molecular flexibility index (Phi) is 2.87. The van der Waals surface area contributed by atoms with E-state index in [2.05, 4.69) is 11.1 Å². The first-order chi connectivity index (χ1) is 9.35. The maximum atomic E-state index is 8.70. The Morgan fingerprint density at radius 3 is 2.63 bits per heavy atom. The van der Waals surface area contributed by atoms with Crippen molar-refractivity contribution in [1.82, 2.24) is 4.98 Å². The maximum absolute atomic E-state index is 8.70. The zero-order chi connectivity index (χ0) is 13.1. The Hall–Kier alpha value is -2.80. The lowest BCUT2D eigenvalue weighted by atomic mass is 10.2. The molecule has 0 saturated heterocycles. The highest BCUT2D eigenvalue weighted by Crippen LogP contribution is 2.17. The van der Waals surface area contributed by atoms with E-state index in [0.717, 1.165) is 11.1 Å². The number of hydrogen-bond acceptors (Lipinski definition) is 4. The minimum absolute atomic E-state index is 0.264. The molecule has 1 heterocycles. The van der Waals surface area contributed by atoms with Gasteiger partial charge >= 0.3 is 0 Å². The van der Waals surface area contributed by atoms with Crippen molar-refractivity contribution in [3.05, 3.63) is 60.0 Å². The van der Waals surface area contributed by atoms with Crippen LogP contribution in [0.3, 0.4) is 0 Å². The van der Waals surface area contributed by atoms with Crippen molar-refractivity contribution < 1.29 is 9.15 Å². The summed E-state index contributed by atoms with van der Waals surface area (Å²) in [6.07, 6.45) is 0. The normalized spacial score (nSPS) is 10.3. The highest BCUT2D eigenvalue weighted by atomic mass is 16.5. The van der Waals surface area contributed by atoms with E-state index in [9.17, 15) is 0 Å². The Morgan fingerprint density at radius 2 is 1.89 bits per heavy atom. The number of hydrogen-bond donors (Lipinski definition) is 0. The summed E-state index contributed by atoms with van der Waals surface area (Å²) in [4.78, 5) is 4.32. The first kappa shape index (κ1) is 11.3. The molecule has 0 radical (unpaired) electrons. The van der Waals surface area contributed by atoms with Crippen molar-refractivity contribution in [1.29, 1.82) is 5.26 Å². The third-order valence-corrected chi connectivity index (χ3v) is 2.68. The van der Waals surface area contributed by atoms with Crippen LogP contribution in [0.4, 0.5) is 0 Å². The Labute approximate surface area is 109 Å². The van der Waals surface area contributed by atoms with Crippen LogP contribution in [0.1, 0.15) is 11.5 Å². The van der Waals surface area contributed by atoms with E-state index in [-0.39, 0.29) is 6.61 Å². The second-order valence-electron chi connectivity index (χ2n) is 4.00. The lowest BCUT2D eigenvalue weighted by Gasteiger charge is -2.02. The summed E-state index contributed by atoms with van der Waals surface area (Å²) < 4.78 is 11.1. The van der Waals surface area contributed by atoms with Crippen molar-refractivity contribution >= 4 is 11.1 Å². The fourth-order valence-electron chi connectivity index (χ4n) is 1.75. The van der Waals surface area contributed by atoms with Crippen LogP contribution in [0.5, 0.6) is 5.75 Å². The number of para-hydroxylation sites is 2. The van der Waals surface area contributed by atoms with Gasteiger partial charge in [-0.25, -0.2) is 4.98 Å². The van der Waals surface area contributed by atoms with Gasteiger partial charge in [0.15, 0.2) is 12.2 Å². The lowest BCUT2D eigenvalue weighted by molar-refractivity contribution is 0.267. The molecule has 0 saturated carbocycles. The van der Waals surface area contributed by atoms with E-state index in [4.69, 9.17) is 14.4 Å². The number of benzene rings is 2. The summed E-state index contributed by atoms with van der Waals surface area (Å²) in [7, 11) is 0. The fourth-order valence-corrected chi connectivity index (χ4v) is 1.75. The molecule has 4 nitrogen and oxygen atoms in total. The van der Waals surface area contributed by atoms with Gasteiger partial charge in [-0.1, -0.05) is 12.1 Å². The molecular weight excluding hydrogens is 240 g/mol. The van der Waals surface area contributed by atoms with Gasteiger partial charge in [-0.2, -0.15) is 5.26 Å². The summed E-state index contributed by atoms with van der Waals surface area (Å²) in [6.45, 7) is 0.264. The van der Waals surface area contributed by atoms with Crippen LogP contribution < -0.4 is 4.74 Å². The van der Waals surface area contributed by atoms with Crippen molar-refractivity contribution in [3.63, 3.8) is 0 Å². The van der Waals surface area contributed by atoms with Crippen molar-refractivity contribution in [2.24, 2.45) is 0 Å². The number of fused-ring (bicyclic) bond motifs is 1. The quantitative estimate of drug-likeness (QED) is 0.715. The van der Waals surface area contributed by atoms with Crippen molar-refractivity contribution in [2.45, 2.75) is 6.61 Å². The van der Waals surface area contributed by atoms with Crippen LogP contribution in [0.15, 0.2) is 52.9 Å². The molecule has 0 aliphatic rings. The van der Waals surface area contributed by atoms with Crippen LogP contribution in [-0.4, -0.2) is 4.98 Å². The van der Waals surface area contributed by atoms with E-state index in [1.807, 2.05) is 24.3 Å². The van der Waals surface area contributed by atoms with Crippen molar-refractivity contribution in [2.75, 3.05) is 0 Å². The highest BCUT2D eigenvalue weighted by Gasteiger charge is 2.05. The maximum Gasteiger partial charge on any atom is 0.233 e. The molecule has 0 fully saturated rings. The number of ether oxygens (including phenoxy) is 1. The summed E-state index contributed by atoms with van der Waals surface area (Å²) in [5.41, 5.74) is 2.18. The topological polar surface area (TPSA) is 59.0 Å². The molecular formula is C15H10N2O2. The van der Waals surface area contributed by atoms with Gasteiger partial charge in [-0.3, -0.25) is 0 Å². The predicted molar refractivity (Wildman–Crippen MR) is 69.5 cm³/mol. The molecule has 0 atom stereocenters.